The van der Waals surface area contributed by atoms with Crippen LogP contribution in [0.15, 0.2) is 12.1 Å². The highest BCUT2D eigenvalue weighted by Gasteiger charge is 2.16. The predicted molar refractivity (Wildman–Crippen MR) is 59.5 cm³/mol. The van der Waals surface area contributed by atoms with E-state index in [0.717, 1.165) is 0 Å². The number of hydrogen-bond acceptors (Lipinski definition) is 5. The molecular formula is C12H11O5. The van der Waals surface area contributed by atoms with Gasteiger partial charge in [-0.2, -0.15) is 0 Å². The SMILES string of the molecule is [CH]=Cc1cc(O)c(OC(C)=O)c(OC(C)=O)c1. The van der Waals surface area contributed by atoms with Crippen molar-refractivity contribution in [3.8, 4) is 17.2 Å². The zero-order valence-corrected chi connectivity index (χ0v) is 9.39. The third-order valence-corrected chi connectivity index (χ3v) is 1.75. The van der Waals surface area contributed by atoms with E-state index in [1.165, 1.54) is 32.1 Å². The normalized spacial score (nSPS) is 9.53. The van der Waals surface area contributed by atoms with Gasteiger partial charge in [0, 0.05) is 13.8 Å². The van der Waals surface area contributed by atoms with E-state index in [4.69, 9.17) is 16.1 Å². The third kappa shape index (κ3) is 3.34. The largest absolute Gasteiger partial charge is 0.504 e. The number of phenolic OH excluding ortho intramolecular Hbond substituents is 1. The molecule has 1 radical (unpaired) electrons. The number of hydrogen-bond donors (Lipinski definition) is 1. The maximum absolute atomic E-state index is 10.9. The van der Waals surface area contributed by atoms with Crippen LogP contribution in [-0.2, 0) is 9.59 Å². The zero-order valence-electron chi connectivity index (χ0n) is 9.39. The minimum Gasteiger partial charge on any atom is -0.504 e. The average molecular weight is 235 g/mol. The summed E-state index contributed by atoms with van der Waals surface area (Å²) in [6, 6.07) is 2.66. The first-order valence-electron chi connectivity index (χ1n) is 4.73. The van der Waals surface area contributed by atoms with Crippen LogP contribution in [0.3, 0.4) is 0 Å². The molecule has 0 saturated heterocycles. The van der Waals surface area contributed by atoms with Gasteiger partial charge in [0.2, 0.25) is 5.75 Å². The summed E-state index contributed by atoms with van der Waals surface area (Å²) in [5, 5.41) is 9.62. The summed E-state index contributed by atoms with van der Waals surface area (Å²) in [6.07, 6.45) is 1.21. The van der Waals surface area contributed by atoms with E-state index in [9.17, 15) is 14.7 Å². The van der Waals surface area contributed by atoms with Crippen molar-refractivity contribution in [2.24, 2.45) is 0 Å². The molecular weight excluding hydrogens is 224 g/mol. The molecule has 0 atom stereocenters. The topological polar surface area (TPSA) is 72.8 Å². The monoisotopic (exact) mass is 235 g/mol. The summed E-state index contributed by atoms with van der Waals surface area (Å²) in [7, 11) is 0. The zero-order chi connectivity index (χ0) is 13.0. The molecule has 5 nitrogen and oxygen atoms in total. The molecule has 1 rings (SSSR count). The number of carbonyl (C=O) groups excluding carboxylic acids is 2. The Hall–Kier alpha value is -2.30. The van der Waals surface area contributed by atoms with Gasteiger partial charge in [0.25, 0.3) is 0 Å². The maximum Gasteiger partial charge on any atom is 0.308 e. The van der Waals surface area contributed by atoms with Gasteiger partial charge in [-0.3, -0.25) is 9.59 Å². The lowest BCUT2D eigenvalue weighted by atomic mass is 10.2. The van der Waals surface area contributed by atoms with Crippen LogP contribution in [0.25, 0.3) is 6.08 Å². The first-order valence-corrected chi connectivity index (χ1v) is 4.73. The Balaban J connectivity index is 3.27. The van der Waals surface area contributed by atoms with E-state index in [0.29, 0.717) is 5.56 Å². The molecule has 0 aliphatic rings. The van der Waals surface area contributed by atoms with Gasteiger partial charge < -0.3 is 14.6 Å². The molecule has 0 unspecified atom stereocenters. The van der Waals surface area contributed by atoms with Gasteiger partial charge in [-0.25, -0.2) is 0 Å². The second kappa shape index (κ2) is 5.16. The number of esters is 2. The van der Waals surface area contributed by atoms with E-state index in [2.05, 4.69) is 0 Å². The van der Waals surface area contributed by atoms with Gasteiger partial charge in [0.1, 0.15) is 0 Å². The Kier molecular flexibility index (Phi) is 3.87. The Morgan fingerprint density at radius 3 is 2.29 bits per heavy atom. The van der Waals surface area contributed by atoms with Crippen LogP contribution >= 0.6 is 0 Å². The highest BCUT2D eigenvalue weighted by Crippen LogP contribution is 2.38. The fourth-order valence-electron chi connectivity index (χ4n) is 1.18. The van der Waals surface area contributed by atoms with Crippen molar-refractivity contribution < 1.29 is 24.2 Å². The quantitative estimate of drug-likeness (QED) is 0.637. The molecule has 89 valence electrons. The minimum absolute atomic E-state index is 0.0654. The molecule has 0 spiro atoms. The second-order valence-electron chi connectivity index (χ2n) is 3.22. The molecule has 0 bridgehead atoms. The standard InChI is InChI=1S/C12H11O5/c1-4-9-5-10(15)12(17-8(3)14)11(6-9)16-7(2)13/h1,4-6,15H,2-3H3. The van der Waals surface area contributed by atoms with Crippen molar-refractivity contribution in [1.29, 1.82) is 0 Å². The average Bonchev–Trinajstić information content (AvgIpc) is 2.21. The van der Waals surface area contributed by atoms with Crippen molar-refractivity contribution in [3.05, 3.63) is 24.3 Å². The fraction of sp³-hybridized carbons (Fsp3) is 0.167. The van der Waals surface area contributed by atoms with E-state index >= 15 is 0 Å². The van der Waals surface area contributed by atoms with Crippen molar-refractivity contribution in [3.63, 3.8) is 0 Å². The van der Waals surface area contributed by atoms with Crippen LogP contribution in [0, 0.1) is 6.58 Å². The Bertz CT molecular complexity index is 476. The van der Waals surface area contributed by atoms with Crippen molar-refractivity contribution in [2.45, 2.75) is 13.8 Å². The number of ether oxygens (including phenoxy) is 2. The van der Waals surface area contributed by atoms with Crippen molar-refractivity contribution in [2.75, 3.05) is 0 Å². The molecule has 1 N–H and O–H groups in total. The molecule has 0 aromatic heterocycles. The fourth-order valence-corrected chi connectivity index (χ4v) is 1.18. The lowest BCUT2D eigenvalue weighted by Crippen LogP contribution is -2.07. The Morgan fingerprint density at radius 2 is 1.82 bits per heavy atom. The summed E-state index contributed by atoms with van der Waals surface area (Å²) >= 11 is 0. The molecule has 1 aromatic rings. The van der Waals surface area contributed by atoms with Crippen LogP contribution in [0.4, 0.5) is 0 Å². The number of phenols is 1. The van der Waals surface area contributed by atoms with Gasteiger partial charge in [-0.1, -0.05) is 12.7 Å². The summed E-state index contributed by atoms with van der Waals surface area (Å²) < 4.78 is 9.57. The first kappa shape index (κ1) is 12.8. The van der Waals surface area contributed by atoms with Gasteiger partial charge in [-0.05, 0) is 17.7 Å². The number of aromatic hydroxyl groups is 1. The molecule has 0 aliphatic heterocycles. The van der Waals surface area contributed by atoms with Gasteiger partial charge in [0.05, 0.1) is 0 Å². The van der Waals surface area contributed by atoms with Gasteiger partial charge in [-0.15, -0.1) is 0 Å². The van der Waals surface area contributed by atoms with E-state index < -0.39 is 11.9 Å². The summed E-state index contributed by atoms with van der Waals surface area (Å²) in [6.45, 7) is 7.64. The molecule has 0 aliphatic carbocycles. The summed E-state index contributed by atoms with van der Waals surface area (Å²) in [4.78, 5) is 21.7. The lowest BCUT2D eigenvalue weighted by molar-refractivity contribution is -0.134. The molecule has 5 heteroatoms. The Labute approximate surface area is 98.3 Å². The highest BCUT2D eigenvalue weighted by molar-refractivity contribution is 5.76. The highest BCUT2D eigenvalue weighted by atomic mass is 16.6. The maximum atomic E-state index is 10.9. The molecule has 0 heterocycles. The summed E-state index contributed by atoms with van der Waals surface area (Å²) in [5.41, 5.74) is 0.426. The Morgan fingerprint density at radius 1 is 1.24 bits per heavy atom. The van der Waals surface area contributed by atoms with Gasteiger partial charge in [0.15, 0.2) is 11.5 Å². The van der Waals surface area contributed by atoms with Crippen molar-refractivity contribution >= 4 is 18.0 Å². The number of rotatable bonds is 3. The van der Waals surface area contributed by atoms with Crippen LogP contribution in [-0.4, -0.2) is 17.0 Å². The van der Waals surface area contributed by atoms with Crippen LogP contribution in [0.2, 0.25) is 0 Å². The predicted octanol–water partition coefficient (Wildman–Crippen LogP) is 1.69. The molecule has 1 aromatic carbocycles. The first-order chi connectivity index (χ1) is 7.93. The third-order valence-electron chi connectivity index (χ3n) is 1.75. The van der Waals surface area contributed by atoms with E-state index in [-0.39, 0.29) is 17.2 Å². The minimum atomic E-state index is -0.641. The van der Waals surface area contributed by atoms with Crippen LogP contribution in [0.1, 0.15) is 19.4 Å². The smallest absolute Gasteiger partial charge is 0.308 e. The second-order valence-corrected chi connectivity index (χ2v) is 3.22. The van der Waals surface area contributed by atoms with Crippen LogP contribution in [0.5, 0.6) is 17.2 Å². The van der Waals surface area contributed by atoms with E-state index in [1.54, 1.807) is 0 Å². The molecule has 0 fully saturated rings. The summed E-state index contributed by atoms with van der Waals surface area (Å²) in [5.74, 6) is -1.86. The molecule has 0 amide bonds. The van der Waals surface area contributed by atoms with Crippen LogP contribution < -0.4 is 9.47 Å². The number of benzene rings is 1. The van der Waals surface area contributed by atoms with Gasteiger partial charge >= 0.3 is 11.9 Å². The van der Waals surface area contributed by atoms with Crippen molar-refractivity contribution in [1.82, 2.24) is 0 Å². The number of carbonyl (C=O) groups is 2. The molecule has 17 heavy (non-hydrogen) atoms. The van der Waals surface area contributed by atoms with E-state index in [1.807, 2.05) is 0 Å². The lowest BCUT2D eigenvalue weighted by Gasteiger charge is -2.11. The molecule has 0 saturated carbocycles.